The molecule has 2 rings (SSSR count). The first-order valence-corrected chi connectivity index (χ1v) is 5.88. The second kappa shape index (κ2) is 5.84. The highest BCUT2D eigenvalue weighted by atomic mass is 35.5. The second-order valence-electron chi connectivity index (χ2n) is 3.86. The van der Waals surface area contributed by atoms with Gasteiger partial charge in [0, 0.05) is 12.1 Å². The number of rotatable bonds is 3. The van der Waals surface area contributed by atoms with Crippen LogP contribution in [0, 0.1) is 21.7 Å². The monoisotopic (exact) mass is 313 g/mol. The molecule has 0 aliphatic rings. The van der Waals surface area contributed by atoms with Crippen molar-refractivity contribution in [2.24, 2.45) is 0 Å². The first-order chi connectivity index (χ1) is 9.90. The Morgan fingerprint density at radius 1 is 1.24 bits per heavy atom. The molecule has 0 heterocycles. The summed E-state index contributed by atoms with van der Waals surface area (Å²) in [5, 5.41) is 10.6. The van der Waals surface area contributed by atoms with Gasteiger partial charge in [-0.05, 0) is 18.2 Å². The summed E-state index contributed by atoms with van der Waals surface area (Å²) >= 11 is 5.68. The zero-order valence-electron chi connectivity index (χ0n) is 10.2. The molecule has 0 amide bonds. The molecular formula is C13H6ClF2NO4. The van der Waals surface area contributed by atoms with E-state index >= 15 is 0 Å². The minimum atomic E-state index is -1.26. The molecule has 0 fully saturated rings. The first-order valence-electron chi connectivity index (χ1n) is 5.50. The lowest BCUT2D eigenvalue weighted by molar-refractivity contribution is -0.385. The summed E-state index contributed by atoms with van der Waals surface area (Å²) in [6, 6.07) is 5.83. The van der Waals surface area contributed by atoms with Crippen molar-refractivity contribution in [2.75, 3.05) is 0 Å². The van der Waals surface area contributed by atoms with Crippen molar-refractivity contribution in [1.29, 1.82) is 0 Å². The standard InChI is InChI=1S/C13H6ClF2NO4/c14-8-2-1-3-9(16)12(8)13(18)21-11-6-7(15)4-5-10(11)17(19)20/h1-6H. The van der Waals surface area contributed by atoms with E-state index in [0.717, 1.165) is 18.2 Å². The zero-order chi connectivity index (χ0) is 15.6. The maximum Gasteiger partial charge on any atom is 0.348 e. The Kier molecular flexibility index (Phi) is 4.13. The Balaban J connectivity index is 2.40. The predicted octanol–water partition coefficient (Wildman–Crippen LogP) is 3.75. The number of benzene rings is 2. The van der Waals surface area contributed by atoms with E-state index in [9.17, 15) is 23.7 Å². The third-order valence-corrected chi connectivity index (χ3v) is 2.80. The zero-order valence-corrected chi connectivity index (χ0v) is 10.9. The van der Waals surface area contributed by atoms with E-state index < -0.39 is 39.5 Å². The van der Waals surface area contributed by atoms with Crippen molar-refractivity contribution in [3.8, 4) is 5.75 Å². The molecule has 0 N–H and O–H groups in total. The minimum Gasteiger partial charge on any atom is -0.415 e. The third kappa shape index (κ3) is 3.14. The van der Waals surface area contributed by atoms with Gasteiger partial charge in [0.1, 0.15) is 17.2 Å². The molecule has 0 aliphatic heterocycles. The summed E-state index contributed by atoms with van der Waals surface area (Å²) < 4.78 is 31.3. The van der Waals surface area contributed by atoms with E-state index in [4.69, 9.17) is 16.3 Å². The van der Waals surface area contributed by atoms with Crippen LogP contribution in [0.1, 0.15) is 10.4 Å². The largest absolute Gasteiger partial charge is 0.415 e. The Labute approximate surface area is 121 Å². The van der Waals surface area contributed by atoms with Crippen LogP contribution in [0.25, 0.3) is 0 Å². The van der Waals surface area contributed by atoms with Gasteiger partial charge in [0.2, 0.25) is 5.75 Å². The fourth-order valence-corrected chi connectivity index (χ4v) is 1.80. The first kappa shape index (κ1) is 14.9. The van der Waals surface area contributed by atoms with Crippen LogP contribution in [0.5, 0.6) is 5.75 Å². The normalized spacial score (nSPS) is 10.2. The maximum atomic E-state index is 13.5. The van der Waals surface area contributed by atoms with Gasteiger partial charge in [-0.1, -0.05) is 17.7 Å². The van der Waals surface area contributed by atoms with Crippen LogP contribution in [-0.4, -0.2) is 10.9 Å². The third-order valence-electron chi connectivity index (χ3n) is 2.49. The van der Waals surface area contributed by atoms with Gasteiger partial charge in [0.25, 0.3) is 0 Å². The Morgan fingerprint density at radius 3 is 2.57 bits per heavy atom. The highest BCUT2D eigenvalue weighted by Gasteiger charge is 2.23. The van der Waals surface area contributed by atoms with Crippen LogP contribution in [0.3, 0.4) is 0 Å². The number of esters is 1. The summed E-state index contributed by atoms with van der Waals surface area (Å²) in [6.45, 7) is 0. The van der Waals surface area contributed by atoms with Gasteiger partial charge in [0.15, 0.2) is 0 Å². The van der Waals surface area contributed by atoms with E-state index in [2.05, 4.69) is 0 Å². The second-order valence-corrected chi connectivity index (χ2v) is 4.26. The average Bonchev–Trinajstić information content (AvgIpc) is 2.38. The smallest absolute Gasteiger partial charge is 0.348 e. The Morgan fingerprint density at radius 2 is 1.95 bits per heavy atom. The van der Waals surface area contributed by atoms with Crippen molar-refractivity contribution in [3.05, 3.63) is 68.7 Å². The van der Waals surface area contributed by atoms with E-state index in [1.165, 1.54) is 12.1 Å². The van der Waals surface area contributed by atoms with E-state index in [1.807, 2.05) is 0 Å². The molecule has 0 aliphatic carbocycles. The molecule has 21 heavy (non-hydrogen) atoms. The maximum absolute atomic E-state index is 13.5. The topological polar surface area (TPSA) is 69.4 Å². The molecule has 108 valence electrons. The molecule has 8 heteroatoms. The molecule has 2 aromatic rings. The number of hydrogen-bond acceptors (Lipinski definition) is 4. The predicted molar refractivity (Wildman–Crippen MR) is 69.4 cm³/mol. The highest BCUT2D eigenvalue weighted by molar-refractivity contribution is 6.33. The lowest BCUT2D eigenvalue weighted by Crippen LogP contribution is -2.12. The average molecular weight is 314 g/mol. The molecule has 0 aromatic heterocycles. The molecule has 0 atom stereocenters. The number of carbonyl (C=O) groups is 1. The Bertz CT molecular complexity index is 716. The van der Waals surface area contributed by atoms with E-state index in [-0.39, 0.29) is 5.02 Å². The molecule has 0 saturated carbocycles. The van der Waals surface area contributed by atoms with E-state index in [1.54, 1.807) is 0 Å². The van der Waals surface area contributed by atoms with Gasteiger partial charge < -0.3 is 4.74 Å². The van der Waals surface area contributed by atoms with E-state index in [0.29, 0.717) is 6.07 Å². The van der Waals surface area contributed by atoms with Crippen LogP contribution in [0.15, 0.2) is 36.4 Å². The molecule has 2 aromatic carbocycles. The number of carbonyl (C=O) groups excluding carboxylic acids is 1. The molecule has 0 spiro atoms. The van der Waals surface area contributed by atoms with Gasteiger partial charge in [-0.2, -0.15) is 0 Å². The lowest BCUT2D eigenvalue weighted by Gasteiger charge is -2.07. The van der Waals surface area contributed by atoms with Gasteiger partial charge in [-0.3, -0.25) is 10.1 Å². The van der Waals surface area contributed by atoms with Gasteiger partial charge in [-0.15, -0.1) is 0 Å². The lowest BCUT2D eigenvalue weighted by atomic mass is 10.2. The molecular weight excluding hydrogens is 308 g/mol. The number of nitro groups is 1. The number of nitrogens with zero attached hydrogens (tertiary/aromatic N) is 1. The van der Waals surface area contributed by atoms with Crippen LogP contribution < -0.4 is 4.74 Å². The van der Waals surface area contributed by atoms with Crippen LogP contribution in [-0.2, 0) is 0 Å². The molecule has 0 saturated heterocycles. The minimum absolute atomic E-state index is 0.223. The summed E-state index contributed by atoms with van der Waals surface area (Å²) in [7, 11) is 0. The van der Waals surface area contributed by atoms with Crippen molar-refractivity contribution < 1.29 is 23.2 Å². The Hall–Kier alpha value is -2.54. The number of halogens is 3. The fourth-order valence-electron chi connectivity index (χ4n) is 1.56. The van der Waals surface area contributed by atoms with Crippen molar-refractivity contribution in [2.45, 2.75) is 0 Å². The summed E-state index contributed by atoms with van der Waals surface area (Å²) in [5.41, 5.74) is -1.21. The molecule has 0 unspecified atom stereocenters. The van der Waals surface area contributed by atoms with Gasteiger partial charge in [-0.25, -0.2) is 13.6 Å². The number of ether oxygens (including phenoxy) is 1. The summed E-state index contributed by atoms with van der Waals surface area (Å²) in [5.74, 6) is -3.69. The number of hydrogen-bond donors (Lipinski definition) is 0. The molecule has 5 nitrogen and oxygen atoms in total. The molecule has 0 radical (unpaired) electrons. The van der Waals surface area contributed by atoms with Crippen LogP contribution in [0.4, 0.5) is 14.5 Å². The SMILES string of the molecule is O=C(Oc1cc(F)ccc1[N+](=O)[O-])c1c(F)cccc1Cl. The summed E-state index contributed by atoms with van der Waals surface area (Å²) in [4.78, 5) is 21.8. The number of nitro benzene ring substituents is 1. The highest BCUT2D eigenvalue weighted by Crippen LogP contribution is 2.29. The fraction of sp³-hybridized carbons (Fsp3) is 0. The van der Waals surface area contributed by atoms with Gasteiger partial charge >= 0.3 is 11.7 Å². The van der Waals surface area contributed by atoms with Crippen molar-refractivity contribution in [1.82, 2.24) is 0 Å². The summed E-state index contributed by atoms with van der Waals surface area (Å²) in [6.07, 6.45) is 0. The van der Waals surface area contributed by atoms with Crippen LogP contribution in [0.2, 0.25) is 5.02 Å². The van der Waals surface area contributed by atoms with Crippen molar-refractivity contribution >= 4 is 23.3 Å². The van der Waals surface area contributed by atoms with Crippen LogP contribution >= 0.6 is 11.6 Å². The van der Waals surface area contributed by atoms with Gasteiger partial charge in [0.05, 0.1) is 9.95 Å². The van der Waals surface area contributed by atoms with Crippen molar-refractivity contribution in [3.63, 3.8) is 0 Å². The quantitative estimate of drug-likeness (QED) is 0.374. The molecule has 0 bridgehead atoms.